The molecule has 1 N–H and O–H groups in total. The van der Waals surface area contributed by atoms with Gasteiger partial charge in [0, 0.05) is 24.6 Å². The molecule has 6 nitrogen and oxygen atoms in total. The lowest BCUT2D eigenvalue weighted by Crippen LogP contribution is -2.36. The number of amides is 1. The van der Waals surface area contributed by atoms with Crippen molar-refractivity contribution in [2.45, 2.75) is 6.92 Å². The van der Waals surface area contributed by atoms with E-state index in [1.807, 2.05) is 0 Å². The van der Waals surface area contributed by atoms with Gasteiger partial charge in [0.2, 0.25) is 0 Å². The first-order valence-electron chi connectivity index (χ1n) is 4.72. The maximum absolute atomic E-state index is 11.9. The number of rotatable bonds is 1. The summed E-state index contributed by atoms with van der Waals surface area (Å²) in [6.45, 7) is 2.81. The Morgan fingerprint density at radius 2 is 2.00 bits per heavy atom. The number of nitrogens with zero attached hydrogens (tertiary/aromatic N) is 1. The van der Waals surface area contributed by atoms with Crippen LogP contribution in [0.15, 0.2) is 4.36 Å². The molecular formula is C8H14N2O4S. The van der Waals surface area contributed by atoms with Gasteiger partial charge in [0.1, 0.15) is 0 Å². The predicted octanol–water partition coefficient (Wildman–Crippen LogP) is -0.853. The highest BCUT2D eigenvalue weighted by molar-refractivity contribution is 7.94. The summed E-state index contributed by atoms with van der Waals surface area (Å²) in [6, 6.07) is 0. The standard InChI is InChI=1S/C8H14N2O4S/c1-2-14-8(12)7(11)10-15(13)5-3-9-4-6-15/h9H,2-6H2,1H3. The van der Waals surface area contributed by atoms with Crippen molar-refractivity contribution in [2.75, 3.05) is 31.2 Å². The lowest BCUT2D eigenvalue weighted by Gasteiger charge is -2.15. The Bertz CT molecular complexity index is 359. The van der Waals surface area contributed by atoms with E-state index < -0.39 is 21.6 Å². The van der Waals surface area contributed by atoms with Crippen molar-refractivity contribution in [1.82, 2.24) is 5.32 Å². The van der Waals surface area contributed by atoms with Gasteiger partial charge in [-0.15, -0.1) is 0 Å². The minimum atomic E-state index is -2.54. The van der Waals surface area contributed by atoms with Crippen molar-refractivity contribution < 1.29 is 18.5 Å². The zero-order chi connectivity index (χ0) is 11.3. The van der Waals surface area contributed by atoms with E-state index >= 15 is 0 Å². The molecule has 1 aliphatic heterocycles. The summed E-state index contributed by atoms with van der Waals surface area (Å²) in [5.74, 6) is -1.46. The highest BCUT2D eigenvalue weighted by Crippen LogP contribution is 2.01. The summed E-state index contributed by atoms with van der Waals surface area (Å²) in [7, 11) is -2.54. The molecule has 1 heterocycles. The number of esters is 1. The van der Waals surface area contributed by atoms with E-state index in [1.54, 1.807) is 6.92 Å². The molecule has 0 bridgehead atoms. The maximum atomic E-state index is 11.9. The zero-order valence-corrected chi connectivity index (χ0v) is 9.34. The molecule has 0 radical (unpaired) electrons. The summed E-state index contributed by atoms with van der Waals surface area (Å²) in [4.78, 5) is 22.1. The van der Waals surface area contributed by atoms with Crippen LogP contribution in [0.2, 0.25) is 0 Å². The first-order valence-corrected chi connectivity index (χ1v) is 6.57. The van der Waals surface area contributed by atoms with Gasteiger partial charge in [-0.05, 0) is 6.92 Å². The second kappa shape index (κ2) is 5.22. The molecule has 0 aliphatic carbocycles. The summed E-state index contributed by atoms with van der Waals surface area (Å²) in [5.41, 5.74) is 0. The van der Waals surface area contributed by atoms with Gasteiger partial charge in [0.25, 0.3) is 0 Å². The fourth-order valence-corrected chi connectivity index (χ4v) is 2.85. The summed E-state index contributed by atoms with van der Waals surface area (Å²) >= 11 is 0. The Hall–Kier alpha value is -0.950. The zero-order valence-electron chi connectivity index (χ0n) is 8.52. The van der Waals surface area contributed by atoms with E-state index in [9.17, 15) is 13.8 Å². The molecule has 0 aromatic carbocycles. The molecule has 0 atom stereocenters. The van der Waals surface area contributed by atoms with E-state index in [-0.39, 0.29) is 6.61 Å². The Morgan fingerprint density at radius 3 is 2.53 bits per heavy atom. The Balaban J connectivity index is 2.72. The fraction of sp³-hybridized carbons (Fsp3) is 0.750. The molecule has 86 valence electrons. The normalized spacial score (nSPS) is 19.3. The van der Waals surface area contributed by atoms with Crippen LogP contribution >= 0.6 is 0 Å². The molecule has 1 rings (SSSR count). The number of hydrogen-bond donors (Lipinski definition) is 1. The van der Waals surface area contributed by atoms with Gasteiger partial charge in [-0.25, -0.2) is 9.00 Å². The molecule has 0 aromatic heterocycles. The first kappa shape index (κ1) is 12.1. The van der Waals surface area contributed by atoms with Crippen molar-refractivity contribution in [3.05, 3.63) is 0 Å². The third-order valence-electron chi connectivity index (χ3n) is 1.89. The number of carbonyl (C=O) groups is 2. The molecular weight excluding hydrogens is 220 g/mol. The van der Waals surface area contributed by atoms with Crippen LogP contribution in [0.4, 0.5) is 0 Å². The monoisotopic (exact) mass is 234 g/mol. The van der Waals surface area contributed by atoms with E-state index in [0.29, 0.717) is 24.6 Å². The molecule has 1 fully saturated rings. The summed E-state index contributed by atoms with van der Waals surface area (Å²) < 4.78 is 19.8. The smallest absolute Gasteiger partial charge is 0.399 e. The van der Waals surface area contributed by atoms with Crippen molar-refractivity contribution in [1.29, 1.82) is 0 Å². The lowest BCUT2D eigenvalue weighted by molar-refractivity contribution is -0.152. The van der Waals surface area contributed by atoms with Gasteiger partial charge in [-0.1, -0.05) is 0 Å². The molecule has 7 heteroatoms. The van der Waals surface area contributed by atoms with Crippen LogP contribution in [0.25, 0.3) is 0 Å². The average Bonchev–Trinajstić information content (AvgIpc) is 2.18. The van der Waals surface area contributed by atoms with Crippen molar-refractivity contribution >= 4 is 21.6 Å². The molecule has 0 aromatic rings. The highest BCUT2D eigenvalue weighted by atomic mass is 32.2. The molecule has 15 heavy (non-hydrogen) atoms. The number of hydrogen-bond acceptors (Lipinski definition) is 5. The minimum Gasteiger partial charge on any atom is -0.459 e. The predicted molar refractivity (Wildman–Crippen MR) is 54.8 cm³/mol. The van der Waals surface area contributed by atoms with Gasteiger partial charge in [0.05, 0.1) is 16.3 Å². The van der Waals surface area contributed by atoms with Crippen molar-refractivity contribution in [3.8, 4) is 0 Å². The third kappa shape index (κ3) is 3.60. The van der Waals surface area contributed by atoms with Crippen molar-refractivity contribution in [3.63, 3.8) is 0 Å². The van der Waals surface area contributed by atoms with Crippen molar-refractivity contribution in [2.24, 2.45) is 4.36 Å². The van der Waals surface area contributed by atoms with Crippen LogP contribution in [0.5, 0.6) is 0 Å². The van der Waals surface area contributed by atoms with Crippen LogP contribution < -0.4 is 5.32 Å². The van der Waals surface area contributed by atoms with Gasteiger partial charge in [-0.3, -0.25) is 4.79 Å². The second-order valence-electron chi connectivity index (χ2n) is 3.05. The van der Waals surface area contributed by atoms with Crippen LogP contribution in [0.1, 0.15) is 6.92 Å². The number of carbonyl (C=O) groups excluding carboxylic acids is 2. The average molecular weight is 234 g/mol. The van der Waals surface area contributed by atoms with E-state index in [4.69, 9.17) is 0 Å². The highest BCUT2D eigenvalue weighted by Gasteiger charge is 2.20. The van der Waals surface area contributed by atoms with E-state index in [0.717, 1.165) is 0 Å². The molecule has 0 saturated carbocycles. The molecule has 0 unspecified atom stereocenters. The Labute approximate surface area is 88.6 Å². The lowest BCUT2D eigenvalue weighted by atomic mass is 10.6. The number of nitrogens with one attached hydrogen (secondary N) is 1. The van der Waals surface area contributed by atoms with Gasteiger partial charge in [0.15, 0.2) is 0 Å². The molecule has 0 spiro atoms. The van der Waals surface area contributed by atoms with Crippen LogP contribution in [0, 0.1) is 0 Å². The summed E-state index contributed by atoms with van der Waals surface area (Å²) in [5, 5.41) is 3.00. The SMILES string of the molecule is CCOC(=O)C(=O)N=S1(=O)CCNCC1. The van der Waals surface area contributed by atoms with E-state index in [1.165, 1.54) is 0 Å². The van der Waals surface area contributed by atoms with Gasteiger partial charge in [-0.2, -0.15) is 4.36 Å². The van der Waals surface area contributed by atoms with Gasteiger partial charge < -0.3 is 10.1 Å². The maximum Gasteiger partial charge on any atom is 0.399 e. The largest absolute Gasteiger partial charge is 0.459 e. The minimum absolute atomic E-state index is 0.114. The number of ether oxygens (including phenoxy) is 1. The molecule has 1 saturated heterocycles. The Morgan fingerprint density at radius 1 is 1.40 bits per heavy atom. The van der Waals surface area contributed by atoms with Crippen LogP contribution in [-0.2, 0) is 24.1 Å². The molecule has 1 amide bonds. The van der Waals surface area contributed by atoms with E-state index in [2.05, 4.69) is 14.4 Å². The topological polar surface area (TPSA) is 84.8 Å². The summed E-state index contributed by atoms with van der Waals surface area (Å²) in [6.07, 6.45) is 0. The first-order chi connectivity index (χ1) is 7.07. The second-order valence-corrected chi connectivity index (χ2v) is 5.59. The van der Waals surface area contributed by atoms with Crippen LogP contribution in [0.3, 0.4) is 0 Å². The fourth-order valence-electron chi connectivity index (χ4n) is 1.16. The quantitative estimate of drug-likeness (QED) is 0.472. The van der Waals surface area contributed by atoms with Crippen LogP contribution in [-0.4, -0.2) is 47.3 Å². The molecule has 1 aliphatic rings. The van der Waals surface area contributed by atoms with Gasteiger partial charge >= 0.3 is 11.9 Å². The third-order valence-corrected chi connectivity index (χ3v) is 4.08. The Kier molecular flexibility index (Phi) is 4.22.